The average Bonchev–Trinajstić information content (AvgIpc) is 2.51. The third-order valence-electron chi connectivity index (χ3n) is 3.48. The maximum absolute atomic E-state index is 12.2. The summed E-state index contributed by atoms with van der Waals surface area (Å²) in [7, 11) is 0. The highest BCUT2D eigenvalue weighted by Gasteiger charge is 2.11. The van der Waals surface area contributed by atoms with Crippen LogP contribution in [0.2, 0.25) is 0 Å². The number of amides is 1. The SMILES string of the molecule is Cc1ccccc1NC(=O)CN(CCN)Cc1ccccc1. The van der Waals surface area contributed by atoms with E-state index in [0.29, 0.717) is 19.6 Å². The van der Waals surface area contributed by atoms with Crippen LogP contribution >= 0.6 is 0 Å². The van der Waals surface area contributed by atoms with Crippen molar-refractivity contribution in [3.8, 4) is 0 Å². The van der Waals surface area contributed by atoms with E-state index in [1.807, 2.05) is 49.4 Å². The van der Waals surface area contributed by atoms with Gasteiger partial charge in [-0.2, -0.15) is 0 Å². The van der Waals surface area contributed by atoms with Crippen LogP contribution in [-0.4, -0.2) is 30.4 Å². The van der Waals surface area contributed by atoms with Gasteiger partial charge in [-0.25, -0.2) is 0 Å². The van der Waals surface area contributed by atoms with Gasteiger partial charge in [-0.05, 0) is 24.1 Å². The molecule has 0 atom stereocenters. The van der Waals surface area contributed by atoms with Gasteiger partial charge in [0.05, 0.1) is 6.54 Å². The lowest BCUT2D eigenvalue weighted by atomic mass is 10.2. The van der Waals surface area contributed by atoms with Gasteiger partial charge in [-0.3, -0.25) is 9.69 Å². The minimum Gasteiger partial charge on any atom is -0.329 e. The fourth-order valence-electron chi connectivity index (χ4n) is 2.34. The molecule has 0 fully saturated rings. The molecule has 4 nitrogen and oxygen atoms in total. The van der Waals surface area contributed by atoms with Crippen LogP contribution in [-0.2, 0) is 11.3 Å². The van der Waals surface area contributed by atoms with Crippen LogP contribution in [0, 0.1) is 6.92 Å². The second-order valence-corrected chi connectivity index (χ2v) is 5.35. The van der Waals surface area contributed by atoms with Crippen LogP contribution < -0.4 is 11.1 Å². The molecule has 0 saturated heterocycles. The Morgan fingerprint density at radius 2 is 1.77 bits per heavy atom. The van der Waals surface area contributed by atoms with Crippen molar-refractivity contribution < 1.29 is 4.79 Å². The summed E-state index contributed by atoms with van der Waals surface area (Å²) >= 11 is 0. The van der Waals surface area contributed by atoms with Crippen molar-refractivity contribution in [2.45, 2.75) is 13.5 Å². The Bertz CT molecular complexity index is 598. The molecule has 2 aromatic rings. The van der Waals surface area contributed by atoms with E-state index >= 15 is 0 Å². The summed E-state index contributed by atoms with van der Waals surface area (Å²) in [5.41, 5.74) is 8.76. The van der Waals surface area contributed by atoms with Crippen LogP contribution in [0.1, 0.15) is 11.1 Å². The van der Waals surface area contributed by atoms with Crippen molar-refractivity contribution in [3.63, 3.8) is 0 Å². The fraction of sp³-hybridized carbons (Fsp3) is 0.278. The Kier molecular flexibility index (Phi) is 6.13. The van der Waals surface area contributed by atoms with Crippen molar-refractivity contribution in [1.82, 2.24) is 4.90 Å². The van der Waals surface area contributed by atoms with E-state index in [4.69, 9.17) is 5.73 Å². The second kappa shape index (κ2) is 8.32. The third-order valence-corrected chi connectivity index (χ3v) is 3.48. The molecule has 0 aliphatic heterocycles. The van der Waals surface area contributed by atoms with Gasteiger partial charge in [0.1, 0.15) is 0 Å². The summed E-state index contributed by atoms with van der Waals surface area (Å²) in [5, 5.41) is 2.96. The van der Waals surface area contributed by atoms with Crippen molar-refractivity contribution in [2.24, 2.45) is 5.73 Å². The molecule has 0 bridgehead atoms. The molecule has 2 rings (SSSR count). The third kappa shape index (κ3) is 4.98. The largest absolute Gasteiger partial charge is 0.329 e. The van der Waals surface area contributed by atoms with Gasteiger partial charge >= 0.3 is 0 Å². The molecule has 0 aliphatic rings. The number of aryl methyl sites for hydroxylation is 1. The van der Waals surface area contributed by atoms with Crippen LogP contribution in [0.5, 0.6) is 0 Å². The summed E-state index contributed by atoms with van der Waals surface area (Å²) in [6.45, 7) is 4.26. The highest BCUT2D eigenvalue weighted by molar-refractivity contribution is 5.92. The number of nitrogens with zero attached hydrogens (tertiary/aromatic N) is 1. The number of nitrogens with one attached hydrogen (secondary N) is 1. The smallest absolute Gasteiger partial charge is 0.238 e. The van der Waals surface area contributed by atoms with Crippen LogP contribution in [0.15, 0.2) is 54.6 Å². The summed E-state index contributed by atoms with van der Waals surface area (Å²) < 4.78 is 0. The van der Waals surface area contributed by atoms with Crippen molar-refractivity contribution in [2.75, 3.05) is 25.0 Å². The van der Waals surface area contributed by atoms with E-state index in [2.05, 4.69) is 22.3 Å². The fourth-order valence-corrected chi connectivity index (χ4v) is 2.34. The van der Waals surface area contributed by atoms with E-state index in [1.54, 1.807) is 0 Å². The first kappa shape index (κ1) is 16.2. The Balaban J connectivity index is 1.95. The standard InChI is InChI=1S/C18H23N3O/c1-15-7-5-6-10-17(15)20-18(22)14-21(12-11-19)13-16-8-3-2-4-9-16/h2-10H,11-14,19H2,1H3,(H,20,22). The molecule has 0 unspecified atom stereocenters. The first-order chi connectivity index (χ1) is 10.7. The summed E-state index contributed by atoms with van der Waals surface area (Å²) in [5.74, 6) is -0.0151. The quantitative estimate of drug-likeness (QED) is 0.825. The molecular formula is C18H23N3O. The monoisotopic (exact) mass is 297 g/mol. The molecule has 116 valence electrons. The van der Waals surface area contributed by atoms with Crippen LogP contribution in [0.25, 0.3) is 0 Å². The molecule has 0 saturated carbocycles. The summed E-state index contributed by atoms with van der Waals surface area (Å²) in [6.07, 6.45) is 0. The average molecular weight is 297 g/mol. The minimum atomic E-state index is -0.0151. The molecule has 0 radical (unpaired) electrons. The second-order valence-electron chi connectivity index (χ2n) is 5.35. The number of benzene rings is 2. The zero-order chi connectivity index (χ0) is 15.8. The number of nitrogens with two attached hydrogens (primary N) is 1. The van der Waals surface area contributed by atoms with Crippen molar-refractivity contribution in [1.29, 1.82) is 0 Å². The summed E-state index contributed by atoms with van der Waals surface area (Å²) in [6, 6.07) is 17.9. The number of para-hydroxylation sites is 1. The number of carbonyl (C=O) groups excluding carboxylic acids is 1. The topological polar surface area (TPSA) is 58.4 Å². The molecule has 22 heavy (non-hydrogen) atoms. The highest BCUT2D eigenvalue weighted by Crippen LogP contribution is 2.13. The van der Waals surface area contributed by atoms with Crippen molar-refractivity contribution >= 4 is 11.6 Å². The molecule has 2 aromatic carbocycles. The normalized spacial score (nSPS) is 10.7. The van der Waals surface area contributed by atoms with E-state index in [0.717, 1.165) is 17.8 Å². The summed E-state index contributed by atoms with van der Waals surface area (Å²) in [4.78, 5) is 14.3. The lowest BCUT2D eigenvalue weighted by Gasteiger charge is -2.21. The van der Waals surface area contributed by atoms with Crippen LogP contribution in [0.3, 0.4) is 0 Å². The van der Waals surface area contributed by atoms with Gasteiger partial charge < -0.3 is 11.1 Å². The highest BCUT2D eigenvalue weighted by atomic mass is 16.2. The number of anilines is 1. The van der Waals surface area contributed by atoms with Gasteiger partial charge in [0.25, 0.3) is 0 Å². The molecule has 0 heterocycles. The molecule has 0 aromatic heterocycles. The molecule has 4 heteroatoms. The van der Waals surface area contributed by atoms with E-state index < -0.39 is 0 Å². The number of carbonyl (C=O) groups is 1. The van der Waals surface area contributed by atoms with Gasteiger partial charge in [0.2, 0.25) is 5.91 Å². The molecule has 3 N–H and O–H groups in total. The zero-order valence-corrected chi connectivity index (χ0v) is 13.0. The maximum Gasteiger partial charge on any atom is 0.238 e. The van der Waals surface area contributed by atoms with E-state index in [9.17, 15) is 4.79 Å². The van der Waals surface area contributed by atoms with Crippen molar-refractivity contribution in [3.05, 3.63) is 65.7 Å². The molecule has 0 aliphatic carbocycles. The Hall–Kier alpha value is -2.17. The number of hydrogen-bond donors (Lipinski definition) is 2. The van der Waals surface area contributed by atoms with Gasteiger partial charge in [-0.1, -0.05) is 48.5 Å². The number of rotatable bonds is 7. The van der Waals surface area contributed by atoms with Gasteiger partial charge in [-0.15, -0.1) is 0 Å². The molecule has 1 amide bonds. The molecule has 0 spiro atoms. The van der Waals surface area contributed by atoms with E-state index in [-0.39, 0.29) is 5.91 Å². The first-order valence-corrected chi connectivity index (χ1v) is 7.51. The predicted molar refractivity (Wildman–Crippen MR) is 90.6 cm³/mol. The Morgan fingerprint density at radius 3 is 2.45 bits per heavy atom. The van der Waals surface area contributed by atoms with Gasteiger partial charge in [0.15, 0.2) is 0 Å². The number of hydrogen-bond acceptors (Lipinski definition) is 3. The molecular weight excluding hydrogens is 274 g/mol. The lowest BCUT2D eigenvalue weighted by Crippen LogP contribution is -2.36. The minimum absolute atomic E-state index is 0.0151. The zero-order valence-electron chi connectivity index (χ0n) is 13.0. The Morgan fingerprint density at radius 1 is 1.09 bits per heavy atom. The lowest BCUT2D eigenvalue weighted by molar-refractivity contribution is -0.117. The Labute approximate surface area is 131 Å². The maximum atomic E-state index is 12.2. The van der Waals surface area contributed by atoms with Gasteiger partial charge in [0, 0.05) is 25.3 Å². The first-order valence-electron chi connectivity index (χ1n) is 7.51. The van der Waals surface area contributed by atoms with Crippen LogP contribution in [0.4, 0.5) is 5.69 Å². The predicted octanol–water partition coefficient (Wildman–Crippen LogP) is 2.39. The van der Waals surface area contributed by atoms with E-state index in [1.165, 1.54) is 5.56 Å².